The van der Waals surface area contributed by atoms with E-state index in [2.05, 4.69) is 32.9 Å². The SMILES string of the molecule is CCCCCCCC/C=C\CCCCCCCCCCCC(=O)OCCCCCCCCCCC(C)C. The van der Waals surface area contributed by atoms with Gasteiger partial charge in [0.25, 0.3) is 0 Å². The van der Waals surface area contributed by atoms with Gasteiger partial charge in [-0.3, -0.25) is 4.79 Å². The second-order valence-electron chi connectivity index (χ2n) is 12.0. The summed E-state index contributed by atoms with van der Waals surface area (Å²) >= 11 is 0. The van der Waals surface area contributed by atoms with Crippen molar-refractivity contribution in [3.05, 3.63) is 12.2 Å². The van der Waals surface area contributed by atoms with E-state index in [1.54, 1.807) is 0 Å². The van der Waals surface area contributed by atoms with Gasteiger partial charge in [0.05, 0.1) is 6.61 Å². The Morgan fingerprint density at radius 3 is 1.43 bits per heavy atom. The number of esters is 1. The summed E-state index contributed by atoms with van der Waals surface area (Å²) in [6.07, 6.45) is 39.8. The Morgan fingerprint density at radius 1 is 0.541 bits per heavy atom. The molecular formula is C35H68O2. The minimum absolute atomic E-state index is 0.0196. The van der Waals surface area contributed by atoms with E-state index >= 15 is 0 Å². The van der Waals surface area contributed by atoms with Crippen LogP contribution in [0.25, 0.3) is 0 Å². The highest BCUT2D eigenvalue weighted by Crippen LogP contribution is 2.14. The first-order valence-corrected chi connectivity index (χ1v) is 17.0. The van der Waals surface area contributed by atoms with Crippen molar-refractivity contribution in [2.75, 3.05) is 6.61 Å². The fourth-order valence-corrected chi connectivity index (χ4v) is 5.02. The van der Waals surface area contributed by atoms with Crippen LogP contribution in [0, 0.1) is 5.92 Å². The highest BCUT2D eigenvalue weighted by molar-refractivity contribution is 5.69. The second-order valence-corrected chi connectivity index (χ2v) is 12.0. The molecule has 0 aromatic rings. The Kier molecular flexibility index (Phi) is 30.8. The molecule has 0 saturated carbocycles. The molecule has 0 aromatic carbocycles. The number of allylic oxidation sites excluding steroid dienone is 2. The van der Waals surface area contributed by atoms with Crippen molar-refractivity contribution in [2.45, 2.75) is 194 Å². The topological polar surface area (TPSA) is 26.3 Å². The lowest BCUT2D eigenvalue weighted by atomic mass is 10.0. The van der Waals surface area contributed by atoms with E-state index in [1.165, 1.54) is 154 Å². The van der Waals surface area contributed by atoms with E-state index in [4.69, 9.17) is 4.74 Å². The van der Waals surface area contributed by atoms with Crippen molar-refractivity contribution >= 4 is 5.97 Å². The smallest absolute Gasteiger partial charge is 0.305 e. The van der Waals surface area contributed by atoms with Crippen molar-refractivity contribution in [1.82, 2.24) is 0 Å². The standard InChI is InChI=1S/C35H68O2/c1-4-5-6-7-8-9-10-11-12-13-14-15-16-17-18-19-23-26-29-32-35(36)37-33-30-27-24-21-20-22-25-28-31-34(2)3/h11-12,34H,4-10,13-33H2,1-3H3/b12-11-. The van der Waals surface area contributed by atoms with E-state index < -0.39 is 0 Å². The summed E-state index contributed by atoms with van der Waals surface area (Å²) < 4.78 is 5.42. The van der Waals surface area contributed by atoms with Crippen molar-refractivity contribution in [1.29, 1.82) is 0 Å². The number of carbonyl (C=O) groups is 1. The molecule has 0 heterocycles. The largest absolute Gasteiger partial charge is 0.466 e. The molecule has 2 heteroatoms. The van der Waals surface area contributed by atoms with Crippen molar-refractivity contribution < 1.29 is 9.53 Å². The van der Waals surface area contributed by atoms with E-state index in [1.807, 2.05) is 0 Å². The van der Waals surface area contributed by atoms with Gasteiger partial charge in [0.15, 0.2) is 0 Å². The summed E-state index contributed by atoms with van der Waals surface area (Å²) in [6.45, 7) is 7.54. The third-order valence-electron chi connectivity index (χ3n) is 7.58. The molecule has 0 rings (SSSR count). The third kappa shape index (κ3) is 33.2. The molecule has 0 unspecified atom stereocenters. The van der Waals surface area contributed by atoms with Crippen LogP contribution in [0.2, 0.25) is 0 Å². The Hall–Kier alpha value is -0.790. The molecule has 0 amide bonds. The fourth-order valence-electron chi connectivity index (χ4n) is 5.02. The van der Waals surface area contributed by atoms with Gasteiger partial charge in [-0.1, -0.05) is 161 Å². The molecule has 0 aliphatic heterocycles. The molecule has 0 N–H and O–H groups in total. The lowest BCUT2D eigenvalue weighted by Crippen LogP contribution is -2.05. The first-order chi connectivity index (χ1) is 18.2. The summed E-state index contributed by atoms with van der Waals surface area (Å²) in [7, 11) is 0. The van der Waals surface area contributed by atoms with Crippen LogP contribution in [-0.2, 0) is 9.53 Å². The Bertz CT molecular complexity index is 468. The number of hydrogen-bond acceptors (Lipinski definition) is 2. The average molecular weight is 521 g/mol. The van der Waals surface area contributed by atoms with Crippen LogP contribution in [0.3, 0.4) is 0 Å². The highest BCUT2D eigenvalue weighted by Gasteiger charge is 2.03. The van der Waals surface area contributed by atoms with Gasteiger partial charge >= 0.3 is 5.97 Å². The molecular weight excluding hydrogens is 452 g/mol. The van der Waals surface area contributed by atoms with Crippen LogP contribution in [0.5, 0.6) is 0 Å². The fraction of sp³-hybridized carbons (Fsp3) is 0.914. The zero-order valence-corrected chi connectivity index (χ0v) is 25.8. The number of rotatable bonds is 30. The average Bonchev–Trinajstić information content (AvgIpc) is 2.88. The quantitative estimate of drug-likeness (QED) is 0.0534. The number of carbonyl (C=O) groups excluding carboxylic acids is 1. The zero-order chi connectivity index (χ0) is 27.1. The lowest BCUT2D eigenvalue weighted by molar-refractivity contribution is -0.143. The molecule has 0 aromatic heterocycles. The Labute approximate surface area is 234 Å². The summed E-state index contributed by atoms with van der Waals surface area (Å²) in [5.74, 6) is 0.871. The molecule has 0 radical (unpaired) electrons. The zero-order valence-electron chi connectivity index (χ0n) is 25.8. The molecule has 0 spiro atoms. The highest BCUT2D eigenvalue weighted by atomic mass is 16.5. The van der Waals surface area contributed by atoms with Gasteiger partial charge in [-0.2, -0.15) is 0 Å². The van der Waals surface area contributed by atoms with Crippen molar-refractivity contribution in [2.24, 2.45) is 5.92 Å². The molecule has 0 saturated heterocycles. The summed E-state index contributed by atoms with van der Waals surface area (Å²) in [5.41, 5.74) is 0. The number of unbranched alkanes of at least 4 members (excludes halogenated alkanes) is 22. The van der Waals surface area contributed by atoms with Gasteiger partial charge in [-0.25, -0.2) is 0 Å². The van der Waals surface area contributed by atoms with E-state index in [9.17, 15) is 4.79 Å². The molecule has 0 fully saturated rings. The van der Waals surface area contributed by atoms with Gasteiger partial charge in [-0.05, 0) is 44.4 Å². The van der Waals surface area contributed by atoms with Gasteiger partial charge in [0, 0.05) is 6.42 Å². The Morgan fingerprint density at radius 2 is 0.946 bits per heavy atom. The van der Waals surface area contributed by atoms with Gasteiger partial charge < -0.3 is 4.74 Å². The third-order valence-corrected chi connectivity index (χ3v) is 7.58. The molecule has 220 valence electrons. The first-order valence-electron chi connectivity index (χ1n) is 17.0. The molecule has 0 bridgehead atoms. The molecule has 0 atom stereocenters. The van der Waals surface area contributed by atoms with Gasteiger partial charge in [0.2, 0.25) is 0 Å². The lowest BCUT2D eigenvalue weighted by Gasteiger charge is -2.06. The van der Waals surface area contributed by atoms with E-state index in [0.717, 1.165) is 18.8 Å². The molecule has 37 heavy (non-hydrogen) atoms. The van der Waals surface area contributed by atoms with Crippen LogP contribution in [0.1, 0.15) is 194 Å². The summed E-state index contributed by atoms with van der Waals surface area (Å²) in [4.78, 5) is 11.9. The van der Waals surface area contributed by atoms with Crippen molar-refractivity contribution in [3.8, 4) is 0 Å². The minimum atomic E-state index is 0.0196. The number of hydrogen-bond donors (Lipinski definition) is 0. The van der Waals surface area contributed by atoms with Crippen molar-refractivity contribution in [3.63, 3.8) is 0 Å². The van der Waals surface area contributed by atoms with Crippen LogP contribution in [-0.4, -0.2) is 12.6 Å². The maximum atomic E-state index is 11.9. The monoisotopic (exact) mass is 521 g/mol. The number of ether oxygens (including phenoxy) is 1. The predicted molar refractivity (Wildman–Crippen MR) is 165 cm³/mol. The van der Waals surface area contributed by atoms with Crippen LogP contribution in [0.15, 0.2) is 12.2 Å². The van der Waals surface area contributed by atoms with Crippen LogP contribution >= 0.6 is 0 Å². The molecule has 0 aliphatic rings. The molecule has 2 nitrogen and oxygen atoms in total. The maximum absolute atomic E-state index is 11.9. The normalized spacial score (nSPS) is 11.7. The predicted octanol–water partition coefficient (Wildman–Crippen LogP) is 12.3. The van der Waals surface area contributed by atoms with Crippen LogP contribution in [0.4, 0.5) is 0 Å². The minimum Gasteiger partial charge on any atom is -0.466 e. The first kappa shape index (κ1) is 36.2. The molecule has 0 aliphatic carbocycles. The van der Waals surface area contributed by atoms with Gasteiger partial charge in [0.1, 0.15) is 0 Å². The summed E-state index contributed by atoms with van der Waals surface area (Å²) in [5, 5.41) is 0. The van der Waals surface area contributed by atoms with Gasteiger partial charge in [-0.15, -0.1) is 0 Å². The maximum Gasteiger partial charge on any atom is 0.305 e. The van der Waals surface area contributed by atoms with E-state index in [0.29, 0.717) is 13.0 Å². The van der Waals surface area contributed by atoms with Crippen LogP contribution < -0.4 is 0 Å². The summed E-state index contributed by atoms with van der Waals surface area (Å²) in [6, 6.07) is 0. The second kappa shape index (κ2) is 31.4. The Balaban J connectivity index is 3.19. The van der Waals surface area contributed by atoms with E-state index in [-0.39, 0.29) is 5.97 Å².